The van der Waals surface area contributed by atoms with Gasteiger partial charge in [-0.05, 0) is 36.6 Å². The number of amides is 1. The smallest absolute Gasteiger partial charge is 0.221 e. The maximum Gasteiger partial charge on any atom is 0.221 e. The van der Waals surface area contributed by atoms with Crippen LogP contribution in [0.15, 0.2) is 72.8 Å². The minimum atomic E-state index is -3.02. The van der Waals surface area contributed by atoms with Crippen molar-refractivity contribution in [2.45, 2.75) is 32.7 Å². The molecule has 0 radical (unpaired) electrons. The molecule has 0 heterocycles. The summed E-state index contributed by atoms with van der Waals surface area (Å²) in [6.07, 6.45) is 4.64. The molecule has 0 bridgehead atoms. The molecule has 3 N–H and O–H groups in total. The summed E-state index contributed by atoms with van der Waals surface area (Å²) >= 11 is 0. The zero-order chi connectivity index (χ0) is 19.0. The summed E-state index contributed by atoms with van der Waals surface area (Å²) in [5, 5.41) is 4.92. The zero-order valence-corrected chi connectivity index (χ0v) is 16.2. The van der Waals surface area contributed by atoms with Gasteiger partial charge in [-0.3, -0.25) is 14.4 Å². The Morgan fingerprint density at radius 1 is 1.04 bits per heavy atom. The van der Waals surface area contributed by atoms with Crippen LogP contribution in [0.3, 0.4) is 0 Å². The number of benzene rings is 2. The molecule has 138 valence electrons. The standard InChI is InChI=1S/C21H27N2O2P/c1-17(2)16-18(10-9-15-21(22)24)23-26(25,19-11-5-3-6-12-19)20-13-7-4-8-14-20/h3-14,17-18H,15-16H2,1-2H3,(H2,22,24)(H,23,25)/b10-9+/t18-/m1/s1. The predicted octanol–water partition coefficient (Wildman–Crippen LogP) is 3.35. The van der Waals surface area contributed by atoms with Gasteiger partial charge in [-0.25, -0.2) is 0 Å². The molecule has 0 saturated heterocycles. The molecular formula is C21H27N2O2P. The third-order valence-corrected chi connectivity index (χ3v) is 6.75. The number of nitrogens with one attached hydrogen (secondary N) is 1. The van der Waals surface area contributed by atoms with Gasteiger partial charge in [0.2, 0.25) is 13.2 Å². The average Bonchev–Trinajstić information content (AvgIpc) is 2.62. The zero-order valence-electron chi connectivity index (χ0n) is 15.3. The molecule has 2 aromatic carbocycles. The maximum atomic E-state index is 14.1. The van der Waals surface area contributed by atoms with Crippen molar-refractivity contribution in [3.8, 4) is 0 Å². The fourth-order valence-electron chi connectivity index (χ4n) is 2.84. The molecule has 0 saturated carbocycles. The lowest BCUT2D eigenvalue weighted by atomic mass is 10.0. The van der Waals surface area contributed by atoms with Gasteiger partial charge >= 0.3 is 0 Å². The monoisotopic (exact) mass is 370 g/mol. The normalized spacial score (nSPS) is 13.2. The largest absolute Gasteiger partial charge is 0.369 e. The van der Waals surface area contributed by atoms with Gasteiger partial charge in [0.1, 0.15) is 0 Å². The molecule has 4 nitrogen and oxygen atoms in total. The molecule has 0 aromatic heterocycles. The van der Waals surface area contributed by atoms with Crippen molar-refractivity contribution in [2.75, 3.05) is 0 Å². The third kappa shape index (κ3) is 5.69. The van der Waals surface area contributed by atoms with E-state index < -0.39 is 7.29 Å². The van der Waals surface area contributed by atoms with Gasteiger partial charge in [0.15, 0.2) is 0 Å². The third-order valence-electron chi connectivity index (χ3n) is 4.00. The van der Waals surface area contributed by atoms with Gasteiger partial charge in [-0.15, -0.1) is 0 Å². The second kappa shape index (κ2) is 9.51. The Morgan fingerprint density at radius 2 is 1.54 bits per heavy atom. The van der Waals surface area contributed by atoms with E-state index in [2.05, 4.69) is 18.9 Å². The molecule has 2 rings (SSSR count). The van der Waals surface area contributed by atoms with Gasteiger partial charge in [0, 0.05) is 23.1 Å². The van der Waals surface area contributed by atoms with E-state index in [0.29, 0.717) is 5.92 Å². The van der Waals surface area contributed by atoms with Crippen molar-refractivity contribution in [1.29, 1.82) is 0 Å². The Kier molecular flexibility index (Phi) is 7.38. The van der Waals surface area contributed by atoms with E-state index in [0.717, 1.165) is 17.0 Å². The van der Waals surface area contributed by atoms with Crippen molar-refractivity contribution in [2.24, 2.45) is 11.7 Å². The Balaban J connectivity index is 2.39. The number of primary amides is 1. The lowest BCUT2D eigenvalue weighted by Gasteiger charge is -2.26. The number of hydrogen-bond acceptors (Lipinski definition) is 2. The summed E-state index contributed by atoms with van der Waals surface area (Å²) in [6.45, 7) is 4.24. The second-order valence-corrected chi connectivity index (χ2v) is 9.25. The van der Waals surface area contributed by atoms with Crippen LogP contribution >= 0.6 is 7.29 Å². The first-order valence-corrected chi connectivity index (χ1v) is 10.6. The summed E-state index contributed by atoms with van der Waals surface area (Å²) < 4.78 is 14.1. The highest BCUT2D eigenvalue weighted by molar-refractivity contribution is 7.76. The summed E-state index contributed by atoms with van der Waals surface area (Å²) in [5.41, 5.74) is 5.22. The number of carbonyl (C=O) groups excluding carboxylic acids is 1. The summed E-state index contributed by atoms with van der Waals surface area (Å²) in [7, 11) is -3.02. The van der Waals surface area contributed by atoms with E-state index in [9.17, 15) is 9.36 Å². The van der Waals surface area contributed by atoms with Crippen LogP contribution in [0.25, 0.3) is 0 Å². The van der Waals surface area contributed by atoms with Crippen LogP contribution in [0, 0.1) is 5.92 Å². The number of nitrogens with two attached hydrogens (primary N) is 1. The molecule has 1 amide bonds. The molecule has 26 heavy (non-hydrogen) atoms. The van der Waals surface area contributed by atoms with E-state index in [1.807, 2.05) is 66.7 Å². The molecule has 0 aliphatic carbocycles. The fraction of sp³-hybridized carbons (Fsp3) is 0.286. The number of hydrogen-bond donors (Lipinski definition) is 2. The Bertz CT molecular complexity index is 730. The van der Waals surface area contributed by atoms with Crippen LogP contribution in [0.1, 0.15) is 26.7 Å². The van der Waals surface area contributed by atoms with Crippen molar-refractivity contribution >= 4 is 23.8 Å². The molecule has 0 aliphatic heterocycles. The number of carbonyl (C=O) groups is 1. The summed E-state index contributed by atoms with van der Waals surface area (Å²) in [4.78, 5) is 11.0. The molecule has 2 aromatic rings. The molecule has 0 aliphatic rings. The summed E-state index contributed by atoms with van der Waals surface area (Å²) in [5.74, 6) is 0.0320. The molecule has 0 spiro atoms. The van der Waals surface area contributed by atoms with Gasteiger partial charge < -0.3 is 5.73 Å². The van der Waals surface area contributed by atoms with Crippen LogP contribution in [0.4, 0.5) is 0 Å². The van der Waals surface area contributed by atoms with Gasteiger partial charge in [0.25, 0.3) is 0 Å². The second-order valence-electron chi connectivity index (χ2n) is 6.74. The van der Waals surface area contributed by atoms with Crippen LogP contribution in [-0.2, 0) is 9.36 Å². The minimum absolute atomic E-state index is 0.124. The predicted molar refractivity (Wildman–Crippen MR) is 109 cm³/mol. The van der Waals surface area contributed by atoms with Crippen molar-refractivity contribution in [3.63, 3.8) is 0 Å². The lowest BCUT2D eigenvalue weighted by molar-refractivity contribution is -0.117. The van der Waals surface area contributed by atoms with Crippen LogP contribution in [0.2, 0.25) is 0 Å². The van der Waals surface area contributed by atoms with Gasteiger partial charge in [-0.2, -0.15) is 0 Å². The topological polar surface area (TPSA) is 72.2 Å². The van der Waals surface area contributed by atoms with Gasteiger partial charge in [-0.1, -0.05) is 62.4 Å². The highest BCUT2D eigenvalue weighted by atomic mass is 31.2. The highest BCUT2D eigenvalue weighted by Crippen LogP contribution is 2.40. The lowest BCUT2D eigenvalue weighted by Crippen LogP contribution is -2.35. The quantitative estimate of drug-likeness (QED) is 0.525. The minimum Gasteiger partial charge on any atom is -0.369 e. The van der Waals surface area contributed by atoms with Crippen molar-refractivity contribution < 1.29 is 9.36 Å². The van der Waals surface area contributed by atoms with Crippen molar-refractivity contribution in [1.82, 2.24) is 5.09 Å². The first-order valence-electron chi connectivity index (χ1n) is 8.86. The highest BCUT2D eigenvalue weighted by Gasteiger charge is 2.29. The Labute approximate surface area is 155 Å². The maximum absolute atomic E-state index is 14.1. The molecule has 1 atom stereocenters. The SMILES string of the molecule is CC(C)C[C@@H](/C=C/CC(N)=O)NP(=O)(c1ccccc1)c1ccccc1. The summed E-state index contributed by atoms with van der Waals surface area (Å²) in [6, 6.07) is 18.8. The van der Waals surface area contributed by atoms with Crippen LogP contribution in [-0.4, -0.2) is 11.9 Å². The van der Waals surface area contributed by atoms with E-state index in [1.165, 1.54) is 0 Å². The molecule has 0 unspecified atom stereocenters. The Morgan fingerprint density at radius 3 is 1.96 bits per heavy atom. The molecular weight excluding hydrogens is 343 g/mol. The van der Waals surface area contributed by atoms with E-state index in [4.69, 9.17) is 5.73 Å². The van der Waals surface area contributed by atoms with Gasteiger partial charge in [0.05, 0.1) is 0 Å². The molecule has 0 fully saturated rings. The molecule has 5 heteroatoms. The van der Waals surface area contributed by atoms with Crippen molar-refractivity contribution in [3.05, 3.63) is 72.8 Å². The van der Waals surface area contributed by atoms with Crippen LogP contribution in [0.5, 0.6) is 0 Å². The van der Waals surface area contributed by atoms with E-state index in [-0.39, 0.29) is 18.4 Å². The Hall–Kier alpha value is -2.16. The average molecular weight is 370 g/mol. The van der Waals surface area contributed by atoms with Crippen LogP contribution < -0.4 is 21.4 Å². The van der Waals surface area contributed by atoms with E-state index in [1.54, 1.807) is 6.08 Å². The number of rotatable bonds is 9. The first kappa shape index (κ1) is 20.2. The fourth-order valence-corrected chi connectivity index (χ4v) is 5.28. The van der Waals surface area contributed by atoms with E-state index >= 15 is 0 Å². The first-order chi connectivity index (χ1) is 12.4.